The number of phenolic OH excluding ortho intramolecular Hbond substituents is 2. The minimum atomic E-state index is -0.0348. The lowest BCUT2D eigenvalue weighted by Crippen LogP contribution is -2.13. The number of methoxy groups -OCH3 is 1. The maximum absolute atomic E-state index is 10.3. The normalized spacial score (nSPS) is 11.6. The Balaban J connectivity index is 2.00. The van der Waals surface area contributed by atoms with Crippen LogP contribution in [0, 0.1) is 0 Å². The molecule has 146 valence electrons. The number of thiocarbonyl (C=S) groups is 1. The highest BCUT2D eigenvalue weighted by Crippen LogP contribution is 2.32. The predicted molar refractivity (Wildman–Crippen MR) is 117 cm³/mol. The molecule has 2 aromatic carbocycles. The third-order valence-electron chi connectivity index (χ3n) is 4.31. The Kier molecular flexibility index (Phi) is 6.18. The van der Waals surface area contributed by atoms with Crippen LogP contribution in [0.2, 0.25) is 0 Å². The Morgan fingerprint density at radius 3 is 2.75 bits per heavy atom. The molecule has 1 aromatic heterocycles. The number of aromatic hydroxyl groups is 2. The smallest absolute Gasteiger partial charge is 0.128 e. The van der Waals surface area contributed by atoms with E-state index in [4.69, 9.17) is 17.0 Å². The van der Waals surface area contributed by atoms with Crippen LogP contribution in [0.15, 0.2) is 54.9 Å². The third kappa shape index (κ3) is 4.44. The second-order valence-corrected chi connectivity index (χ2v) is 6.94. The van der Waals surface area contributed by atoms with Crippen molar-refractivity contribution >= 4 is 39.5 Å². The summed E-state index contributed by atoms with van der Waals surface area (Å²) in [5.74, 6) is -0.0377. The monoisotopic (exact) mass is 397 g/mol. The van der Waals surface area contributed by atoms with Gasteiger partial charge in [0.25, 0.3) is 0 Å². The van der Waals surface area contributed by atoms with Crippen LogP contribution in [0.5, 0.6) is 11.5 Å². The van der Waals surface area contributed by atoms with Crippen molar-refractivity contribution < 1.29 is 14.9 Å². The Bertz CT molecular complexity index is 1030. The van der Waals surface area contributed by atoms with Crippen molar-refractivity contribution in [1.82, 2.24) is 9.88 Å². The fraction of sp³-hybridized carbons (Fsp3) is 0.190. The molecule has 0 saturated heterocycles. The summed E-state index contributed by atoms with van der Waals surface area (Å²) < 4.78 is 7.31. The zero-order valence-electron chi connectivity index (χ0n) is 15.8. The Morgan fingerprint density at radius 1 is 1.21 bits per heavy atom. The average molecular weight is 398 g/mol. The number of ether oxygens (including phenoxy) is 1. The zero-order chi connectivity index (χ0) is 20.1. The second kappa shape index (κ2) is 8.77. The highest BCUT2D eigenvalue weighted by atomic mass is 32.1. The summed E-state index contributed by atoms with van der Waals surface area (Å²) in [7, 11) is 1.69. The molecule has 0 radical (unpaired) electrons. The molecule has 0 bridgehead atoms. The van der Waals surface area contributed by atoms with Crippen molar-refractivity contribution in [3.63, 3.8) is 0 Å². The first kappa shape index (κ1) is 19.7. The van der Waals surface area contributed by atoms with Crippen LogP contribution in [-0.4, -0.2) is 33.5 Å². The number of benzene rings is 2. The van der Waals surface area contributed by atoms with Gasteiger partial charge in [-0.2, -0.15) is 0 Å². The molecule has 1 heterocycles. The standard InChI is InChI=1S/C21H23N3O3S/c1-14(28)22-13-19(17-7-6-15(25)12-21(17)26)23-18-4-3-5-20-16(18)8-9-24(20)10-11-27-2/h3-9,12-13,23,25-26H,10-11H2,1-2H3,(H,22,28)/b19-13-. The molecule has 0 amide bonds. The molecule has 28 heavy (non-hydrogen) atoms. The van der Waals surface area contributed by atoms with E-state index in [0.717, 1.165) is 23.1 Å². The van der Waals surface area contributed by atoms with Gasteiger partial charge < -0.3 is 30.2 Å². The number of anilines is 1. The Labute approximate surface area is 169 Å². The van der Waals surface area contributed by atoms with E-state index in [2.05, 4.69) is 21.3 Å². The molecular formula is C21H23N3O3S. The molecular weight excluding hydrogens is 374 g/mol. The van der Waals surface area contributed by atoms with E-state index >= 15 is 0 Å². The van der Waals surface area contributed by atoms with E-state index in [-0.39, 0.29) is 11.5 Å². The Morgan fingerprint density at radius 2 is 2.04 bits per heavy atom. The van der Waals surface area contributed by atoms with Gasteiger partial charge in [-0.25, -0.2) is 0 Å². The summed E-state index contributed by atoms with van der Waals surface area (Å²) in [6.45, 7) is 3.17. The topological polar surface area (TPSA) is 78.7 Å². The summed E-state index contributed by atoms with van der Waals surface area (Å²) in [4.78, 5) is 0.599. The van der Waals surface area contributed by atoms with Crippen molar-refractivity contribution in [1.29, 1.82) is 0 Å². The number of hydrogen-bond donors (Lipinski definition) is 4. The molecule has 0 unspecified atom stereocenters. The van der Waals surface area contributed by atoms with Crippen molar-refractivity contribution in [3.8, 4) is 11.5 Å². The lowest BCUT2D eigenvalue weighted by atomic mass is 10.1. The summed E-state index contributed by atoms with van der Waals surface area (Å²) >= 11 is 5.10. The van der Waals surface area contributed by atoms with Gasteiger partial charge in [0.15, 0.2) is 0 Å². The fourth-order valence-corrected chi connectivity index (χ4v) is 3.02. The van der Waals surface area contributed by atoms with Gasteiger partial charge in [-0.3, -0.25) is 0 Å². The molecule has 3 rings (SSSR count). The highest BCUT2D eigenvalue weighted by molar-refractivity contribution is 7.80. The van der Waals surface area contributed by atoms with Crippen LogP contribution < -0.4 is 10.6 Å². The number of fused-ring (bicyclic) bond motifs is 1. The first-order chi connectivity index (χ1) is 13.5. The highest BCUT2D eigenvalue weighted by Gasteiger charge is 2.12. The first-order valence-corrected chi connectivity index (χ1v) is 9.24. The molecule has 0 atom stereocenters. The van der Waals surface area contributed by atoms with E-state index in [1.165, 1.54) is 12.1 Å². The molecule has 6 nitrogen and oxygen atoms in total. The van der Waals surface area contributed by atoms with Gasteiger partial charge in [-0.15, -0.1) is 0 Å². The quantitative estimate of drug-likeness (QED) is 0.451. The molecule has 0 aliphatic heterocycles. The van der Waals surface area contributed by atoms with Gasteiger partial charge in [0.2, 0.25) is 0 Å². The maximum atomic E-state index is 10.3. The summed E-state index contributed by atoms with van der Waals surface area (Å²) in [5, 5.41) is 27.3. The predicted octanol–water partition coefficient (Wildman–Crippen LogP) is 4.05. The van der Waals surface area contributed by atoms with Gasteiger partial charge in [-0.1, -0.05) is 18.3 Å². The maximum Gasteiger partial charge on any atom is 0.128 e. The van der Waals surface area contributed by atoms with E-state index in [1.807, 2.05) is 24.4 Å². The minimum absolute atomic E-state index is 0.00288. The van der Waals surface area contributed by atoms with Gasteiger partial charge in [-0.05, 0) is 37.3 Å². The SMILES string of the molecule is COCCn1ccc2c(N/C(=C\NC(C)=S)c3ccc(O)cc3O)cccc21. The zero-order valence-corrected chi connectivity index (χ0v) is 16.6. The van der Waals surface area contributed by atoms with Crippen LogP contribution in [0.4, 0.5) is 5.69 Å². The number of hydrogen-bond acceptors (Lipinski definition) is 5. The van der Waals surface area contributed by atoms with Crippen LogP contribution in [0.3, 0.4) is 0 Å². The molecule has 0 aliphatic carbocycles. The van der Waals surface area contributed by atoms with Crippen LogP contribution in [-0.2, 0) is 11.3 Å². The number of phenols is 2. The van der Waals surface area contributed by atoms with Gasteiger partial charge >= 0.3 is 0 Å². The molecule has 0 spiro atoms. The van der Waals surface area contributed by atoms with Crippen molar-refractivity contribution in [2.75, 3.05) is 19.0 Å². The van der Waals surface area contributed by atoms with Crippen LogP contribution in [0.1, 0.15) is 12.5 Å². The molecule has 0 saturated carbocycles. The molecule has 0 fully saturated rings. The van der Waals surface area contributed by atoms with Crippen molar-refractivity contribution in [2.24, 2.45) is 0 Å². The average Bonchev–Trinajstić information content (AvgIpc) is 3.07. The molecule has 0 aliphatic rings. The lowest BCUT2D eigenvalue weighted by molar-refractivity contribution is 0.188. The first-order valence-electron chi connectivity index (χ1n) is 8.83. The van der Waals surface area contributed by atoms with Crippen LogP contribution in [0.25, 0.3) is 16.6 Å². The summed E-state index contributed by atoms with van der Waals surface area (Å²) in [5.41, 5.74) is 3.13. The van der Waals surface area contributed by atoms with E-state index in [1.54, 1.807) is 26.3 Å². The third-order valence-corrected chi connectivity index (χ3v) is 4.43. The van der Waals surface area contributed by atoms with Crippen molar-refractivity contribution in [3.05, 3.63) is 60.4 Å². The number of rotatable bonds is 7. The summed E-state index contributed by atoms with van der Waals surface area (Å²) in [6, 6.07) is 12.5. The minimum Gasteiger partial charge on any atom is -0.508 e. The van der Waals surface area contributed by atoms with Gasteiger partial charge in [0, 0.05) is 48.8 Å². The lowest BCUT2D eigenvalue weighted by Gasteiger charge is -2.15. The number of nitrogens with zero attached hydrogens (tertiary/aromatic N) is 1. The van der Waals surface area contributed by atoms with Gasteiger partial charge in [0.1, 0.15) is 11.5 Å². The van der Waals surface area contributed by atoms with Crippen molar-refractivity contribution in [2.45, 2.75) is 13.5 Å². The number of nitrogens with one attached hydrogen (secondary N) is 2. The fourth-order valence-electron chi connectivity index (χ4n) is 2.96. The molecule has 4 N–H and O–H groups in total. The number of aromatic nitrogens is 1. The Hall–Kier alpha value is -3.03. The molecule has 3 aromatic rings. The van der Waals surface area contributed by atoms with E-state index in [0.29, 0.717) is 22.9 Å². The van der Waals surface area contributed by atoms with E-state index < -0.39 is 0 Å². The second-order valence-electron chi connectivity index (χ2n) is 6.33. The van der Waals surface area contributed by atoms with E-state index in [9.17, 15) is 10.2 Å². The molecule has 7 heteroatoms. The largest absolute Gasteiger partial charge is 0.508 e. The van der Waals surface area contributed by atoms with Gasteiger partial charge in [0.05, 0.1) is 22.8 Å². The van der Waals surface area contributed by atoms with Crippen LogP contribution >= 0.6 is 12.2 Å². The summed E-state index contributed by atoms with van der Waals surface area (Å²) in [6.07, 6.45) is 3.73.